The molecular weight excluding hydrogens is 207 g/mol. The summed E-state index contributed by atoms with van der Waals surface area (Å²) in [6.07, 6.45) is 4.94. The fraction of sp³-hybridized carbons (Fsp3) is 0.364. The van der Waals surface area contributed by atoms with Crippen LogP contribution in [-0.2, 0) is 0 Å². The first-order chi connectivity index (χ1) is 7.77. The number of likely N-dealkylation sites (N-methyl/N-ethyl adjacent to an activating group) is 1. The first-order valence-electron chi connectivity index (χ1n) is 5.16. The van der Waals surface area contributed by atoms with Gasteiger partial charge in [0, 0.05) is 13.1 Å². The number of nitrogens with one attached hydrogen (secondary N) is 2. The van der Waals surface area contributed by atoms with E-state index in [1.54, 1.807) is 6.07 Å². The van der Waals surface area contributed by atoms with Crippen molar-refractivity contribution in [3.05, 3.63) is 42.1 Å². The summed E-state index contributed by atoms with van der Waals surface area (Å²) < 4.78 is 12.7. The highest BCUT2D eigenvalue weighted by molar-refractivity contribution is 5.15. The molecule has 0 aromatic carbocycles. The molecule has 0 bridgehead atoms. The van der Waals surface area contributed by atoms with Gasteiger partial charge in [-0.25, -0.2) is 4.39 Å². The molecule has 0 aliphatic carbocycles. The summed E-state index contributed by atoms with van der Waals surface area (Å²) in [5, 5.41) is 6.11. The lowest BCUT2D eigenvalue weighted by Crippen LogP contribution is -2.19. The molecule has 16 heavy (non-hydrogen) atoms. The second-order valence-corrected chi connectivity index (χ2v) is 3.27. The van der Waals surface area contributed by atoms with Crippen molar-refractivity contribution >= 4 is 0 Å². The maximum Gasteiger partial charge on any atom is 0.141 e. The van der Waals surface area contributed by atoms with Gasteiger partial charge in [-0.3, -0.25) is 4.98 Å². The predicted octanol–water partition coefficient (Wildman–Crippen LogP) is 0.543. The molecular formula is C11H17FN4. The Morgan fingerprint density at radius 1 is 1.56 bits per heavy atom. The van der Waals surface area contributed by atoms with Crippen LogP contribution >= 0.6 is 0 Å². The Kier molecular flexibility index (Phi) is 5.45. The summed E-state index contributed by atoms with van der Waals surface area (Å²) in [4.78, 5) is 4.01. The van der Waals surface area contributed by atoms with Crippen LogP contribution in [0.4, 0.5) is 4.39 Å². The third-order valence-corrected chi connectivity index (χ3v) is 2.08. The number of aromatic nitrogens is 1. The third kappa shape index (κ3) is 3.96. The molecule has 1 aromatic rings. The van der Waals surface area contributed by atoms with E-state index in [0.717, 1.165) is 12.2 Å². The van der Waals surface area contributed by atoms with Crippen LogP contribution in [0.25, 0.3) is 0 Å². The predicted molar refractivity (Wildman–Crippen MR) is 62.2 cm³/mol. The number of pyridine rings is 1. The molecule has 1 unspecified atom stereocenters. The van der Waals surface area contributed by atoms with Crippen molar-refractivity contribution in [3.8, 4) is 0 Å². The molecule has 0 aliphatic rings. The van der Waals surface area contributed by atoms with Crippen LogP contribution < -0.4 is 16.4 Å². The van der Waals surface area contributed by atoms with Gasteiger partial charge in [0.05, 0.1) is 17.9 Å². The van der Waals surface area contributed by atoms with Gasteiger partial charge in [-0.1, -0.05) is 0 Å². The Hall–Kier alpha value is -1.46. The molecule has 88 valence electrons. The van der Waals surface area contributed by atoms with Crippen molar-refractivity contribution in [2.24, 2.45) is 5.73 Å². The minimum atomic E-state index is -0.330. The molecule has 1 heterocycles. The van der Waals surface area contributed by atoms with E-state index in [1.807, 2.05) is 19.3 Å². The van der Waals surface area contributed by atoms with Crippen molar-refractivity contribution < 1.29 is 4.39 Å². The molecule has 0 saturated carbocycles. The van der Waals surface area contributed by atoms with Crippen LogP contribution in [0.2, 0.25) is 0 Å². The van der Waals surface area contributed by atoms with Crippen molar-refractivity contribution in [2.75, 3.05) is 20.1 Å². The fourth-order valence-electron chi connectivity index (χ4n) is 1.24. The summed E-state index contributed by atoms with van der Waals surface area (Å²) in [6.45, 7) is 1.31. The van der Waals surface area contributed by atoms with Crippen LogP contribution in [0.1, 0.15) is 11.7 Å². The van der Waals surface area contributed by atoms with Gasteiger partial charge in [0.25, 0.3) is 0 Å². The minimum absolute atomic E-state index is 0.0362. The smallest absolute Gasteiger partial charge is 0.141 e. The highest BCUT2D eigenvalue weighted by Gasteiger charge is 2.05. The number of hydrogen-bond acceptors (Lipinski definition) is 4. The number of halogens is 1. The maximum atomic E-state index is 12.7. The van der Waals surface area contributed by atoms with Gasteiger partial charge in [-0.05, 0) is 31.5 Å². The quantitative estimate of drug-likeness (QED) is 0.617. The molecule has 1 atom stereocenters. The third-order valence-electron chi connectivity index (χ3n) is 2.08. The highest BCUT2D eigenvalue weighted by Crippen LogP contribution is 2.10. The van der Waals surface area contributed by atoms with Crippen molar-refractivity contribution in [2.45, 2.75) is 6.04 Å². The summed E-state index contributed by atoms with van der Waals surface area (Å²) >= 11 is 0. The standard InChI is InChI=1S/C11H17FN4/c1-14-10(4-6-15-7-5-13)11-3-2-9(12)8-16-11/h2-4,6,8,10,14-15H,5,7,13H2,1H3/b6-4-. The molecule has 0 radical (unpaired) electrons. The van der Waals surface area contributed by atoms with E-state index in [4.69, 9.17) is 5.73 Å². The van der Waals surface area contributed by atoms with Crippen LogP contribution in [0.5, 0.6) is 0 Å². The van der Waals surface area contributed by atoms with E-state index in [0.29, 0.717) is 6.54 Å². The van der Waals surface area contributed by atoms with Crippen LogP contribution in [0, 0.1) is 5.82 Å². The maximum absolute atomic E-state index is 12.7. The zero-order chi connectivity index (χ0) is 11.8. The van der Waals surface area contributed by atoms with Gasteiger partial charge < -0.3 is 16.4 Å². The summed E-state index contributed by atoms with van der Waals surface area (Å²) in [7, 11) is 1.82. The van der Waals surface area contributed by atoms with Crippen LogP contribution in [0.15, 0.2) is 30.6 Å². The van der Waals surface area contributed by atoms with E-state index in [1.165, 1.54) is 12.3 Å². The number of rotatable bonds is 6. The summed E-state index contributed by atoms with van der Waals surface area (Å²) in [5.41, 5.74) is 6.11. The molecule has 1 aromatic heterocycles. The lowest BCUT2D eigenvalue weighted by molar-refractivity contribution is 0.612. The second kappa shape index (κ2) is 6.92. The Morgan fingerprint density at radius 2 is 2.38 bits per heavy atom. The van der Waals surface area contributed by atoms with E-state index >= 15 is 0 Å². The number of nitrogens with zero attached hydrogens (tertiary/aromatic N) is 1. The average molecular weight is 224 g/mol. The number of hydrogen-bond donors (Lipinski definition) is 3. The Bertz CT molecular complexity index is 323. The van der Waals surface area contributed by atoms with E-state index < -0.39 is 0 Å². The summed E-state index contributed by atoms with van der Waals surface area (Å²) in [6, 6.07) is 3.02. The second-order valence-electron chi connectivity index (χ2n) is 3.27. The first-order valence-corrected chi connectivity index (χ1v) is 5.16. The molecule has 0 spiro atoms. The first kappa shape index (κ1) is 12.6. The number of nitrogens with two attached hydrogens (primary N) is 1. The van der Waals surface area contributed by atoms with Crippen LogP contribution in [0.3, 0.4) is 0 Å². The summed E-state index contributed by atoms with van der Waals surface area (Å²) in [5.74, 6) is -0.330. The Labute approximate surface area is 94.8 Å². The van der Waals surface area contributed by atoms with Gasteiger partial charge in [0.1, 0.15) is 5.82 Å². The largest absolute Gasteiger partial charge is 0.390 e. The SMILES string of the molecule is CNC(/C=C\NCCN)c1ccc(F)cn1. The van der Waals surface area contributed by atoms with Gasteiger partial charge in [0.2, 0.25) is 0 Å². The topological polar surface area (TPSA) is 63.0 Å². The molecule has 1 rings (SSSR count). The van der Waals surface area contributed by atoms with Crippen molar-refractivity contribution in [1.82, 2.24) is 15.6 Å². The monoisotopic (exact) mass is 224 g/mol. The Morgan fingerprint density at radius 3 is 2.94 bits per heavy atom. The van der Waals surface area contributed by atoms with Crippen LogP contribution in [-0.4, -0.2) is 25.1 Å². The molecule has 0 aliphatic heterocycles. The minimum Gasteiger partial charge on any atom is -0.390 e. The van der Waals surface area contributed by atoms with Gasteiger partial charge in [-0.2, -0.15) is 0 Å². The molecule has 0 saturated heterocycles. The zero-order valence-electron chi connectivity index (χ0n) is 9.28. The fourth-order valence-corrected chi connectivity index (χ4v) is 1.24. The van der Waals surface area contributed by atoms with E-state index in [9.17, 15) is 4.39 Å². The molecule has 5 heteroatoms. The van der Waals surface area contributed by atoms with Gasteiger partial charge in [-0.15, -0.1) is 0 Å². The lowest BCUT2D eigenvalue weighted by Gasteiger charge is -2.10. The van der Waals surface area contributed by atoms with Crippen molar-refractivity contribution in [1.29, 1.82) is 0 Å². The average Bonchev–Trinajstić information content (AvgIpc) is 2.31. The van der Waals surface area contributed by atoms with Crippen molar-refractivity contribution in [3.63, 3.8) is 0 Å². The normalized spacial score (nSPS) is 12.9. The molecule has 0 fully saturated rings. The van der Waals surface area contributed by atoms with Gasteiger partial charge >= 0.3 is 0 Å². The van der Waals surface area contributed by atoms with Gasteiger partial charge in [0.15, 0.2) is 0 Å². The molecule has 0 amide bonds. The van der Waals surface area contributed by atoms with E-state index in [-0.39, 0.29) is 11.9 Å². The Balaban J connectivity index is 2.60. The van der Waals surface area contributed by atoms with E-state index in [2.05, 4.69) is 15.6 Å². The zero-order valence-corrected chi connectivity index (χ0v) is 9.28. The lowest BCUT2D eigenvalue weighted by atomic mass is 10.2. The highest BCUT2D eigenvalue weighted by atomic mass is 19.1. The molecule has 4 nitrogen and oxygen atoms in total. The molecule has 4 N–H and O–H groups in total.